The van der Waals surface area contributed by atoms with Crippen molar-refractivity contribution >= 4 is 19.2 Å². The van der Waals surface area contributed by atoms with Gasteiger partial charge in [-0.3, -0.25) is 9.05 Å². The van der Waals surface area contributed by atoms with E-state index in [1.165, 1.54) is 101 Å². The van der Waals surface area contributed by atoms with Crippen LogP contribution in [0.4, 0.5) is 0 Å². The van der Waals surface area contributed by atoms with Crippen LogP contribution in [0.2, 0.25) is 0 Å². The van der Waals surface area contributed by atoms with Gasteiger partial charge in [0, 0.05) is 18.2 Å². The van der Waals surface area contributed by atoms with E-state index >= 15 is 0 Å². The number of hydrogen-bond donors (Lipinski definition) is 1. The molecule has 0 aromatic carbocycles. The molecule has 0 radical (unpaired) electrons. The summed E-state index contributed by atoms with van der Waals surface area (Å²) in [5, 5.41) is 2.29. The molecule has 2 atom stereocenters. The van der Waals surface area contributed by atoms with E-state index in [1.807, 2.05) is 26.5 Å². The number of nitrogens with zero attached hydrogens (tertiary/aromatic N) is 2. The van der Waals surface area contributed by atoms with Gasteiger partial charge in [-0.05, 0) is 6.42 Å². The Hall–Kier alpha value is -0.540. The SMILES string of the molecule is CCCCCCCCCCCCCCCCCCOC[C@@H](COP(=O)(O)OCC[N+](C)(C)C)Oc1nccs1. The molecule has 8 nitrogen and oxygen atoms in total. The first-order valence-electron chi connectivity index (χ1n) is 15.3. The second kappa shape index (κ2) is 23.1. The third-order valence-electron chi connectivity index (χ3n) is 6.56. The number of thiazole rings is 1. The lowest BCUT2D eigenvalue weighted by Gasteiger charge is -2.24. The third-order valence-corrected chi connectivity index (χ3v) is 8.21. The molecule has 0 aliphatic heterocycles. The zero-order valence-corrected chi connectivity index (χ0v) is 27.0. The number of likely N-dealkylation sites (N-methyl/N-ethyl adjacent to an activating group) is 1. The molecule has 1 N–H and O–H groups in total. The van der Waals surface area contributed by atoms with Crippen molar-refractivity contribution < 1.29 is 32.5 Å². The summed E-state index contributed by atoms with van der Waals surface area (Å²) in [6, 6.07) is 0. The fraction of sp³-hybridized carbons (Fsp3) is 0.897. The highest BCUT2D eigenvalue weighted by Gasteiger charge is 2.25. The van der Waals surface area contributed by atoms with E-state index in [1.54, 1.807) is 6.20 Å². The molecule has 39 heavy (non-hydrogen) atoms. The van der Waals surface area contributed by atoms with Crippen LogP contribution in [0.3, 0.4) is 0 Å². The fourth-order valence-corrected chi connectivity index (χ4v) is 5.43. The molecule has 0 saturated heterocycles. The van der Waals surface area contributed by atoms with E-state index in [-0.39, 0.29) is 19.8 Å². The number of phosphoric ester groups is 1. The number of phosphoric acid groups is 1. The third kappa shape index (κ3) is 23.8. The van der Waals surface area contributed by atoms with Gasteiger partial charge in [0.05, 0.1) is 34.4 Å². The average molecular weight is 594 g/mol. The van der Waals surface area contributed by atoms with Gasteiger partial charge < -0.3 is 18.9 Å². The van der Waals surface area contributed by atoms with Crippen LogP contribution >= 0.6 is 19.2 Å². The first kappa shape index (κ1) is 36.5. The standard InChI is InChI=1S/C29H57N2O6PS/c1-5-6-7-8-9-10-11-12-13-14-15-16-17-18-19-20-23-34-26-28(37-29-30-21-25-39-29)27-36-38(32,33)35-24-22-31(2,3)4/h21,25,28H,5-20,22-24,26-27H2,1-4H3/p+1/t28-/m0/s1. The number of hydrogen-bond acceptors (Lipinski definition) is 7. The first-order chi connectivity index (χ1) is 18.7. The molecule has 0 aliphatic rings. The maximum atomic E-state index is 12.2. The van der Waals surface area contributed by atoms with Crippen LogP contribution in [0.5, 0.6) is 5.19 Å². The molecule has 0 spiro atoms. The van der Waals surface area contributed by atoms with Crippen molar-refractivity contribution in [3.05, 3.63) is 11.6 Å². The van der Waals surface area contributed by atoms with Crippen LogP contribution < -0.4 is 4.74 Å². The second-order valence-corrected chi connectivity index (χ2v) is 13.8. The molecule has 1 aromatic heterocycles. The molecule has 1 heterocycles. The maximum absolute atomic E-state index is 12.2. The Labute approximate surface area is 243 Å². The van der Waals surface area contributed by atoms with Gasteiger partial charge in [0.2, 0.25) is 0 Å². The van der Waals surface area contributed by atoms with E-state index in [0.29, 0.717) is 22.8 Å². The highest BCUT2D eigenvalue weighted by Crippen LogP contribution is 2.43. The molecule has 0 aliphatic carbocycles. The molecule has 0 amide bonds. The van der Waals surface area contributed by atoms with E-state index in [4.69, 9.17) is 18.5 Å². The Morgan fingerprint density at radius 3 is 1.85 bits per heavy atom. The van der Waals surface area contributed by atoms with Gasteiger partial charge >= 0.3 is 7.82 Å². The molecule has 1 rings (SSSR count). The molecule has 1 aromatic rings. The Morgan fingerprint density at radius 2 is 1.36 bits per heavy atom. The summed E-state index contributed by atoms with van der Waals surface area (Å²) in [6.07, 6.45) is 22.5. The number of ether oxygens (including phenoxy) is 2. The highest BCUT2D eigenvalue weighted by molar-refractivity contribution is 7.47. The van der Waals surface area contributed by atoms with Crippen molar-refractivity contribution in [1.29, 1.82) is 0 Å². The van der Waals surface area contributed by atoms with Crippen LogP contribution in [0.25, 0.3) is 0 Å². The molecule has 1 unspecified atom stereocenters. The molecule has 0 bridgehead atoms. The van der Waals surface area contributed by atoms with Crippen molar-refractivity contribution in [3.63, 3.8) is 0 Å². The summed E-state index contributed by atoms with van der Waals surface area (Å²) >= 11 is 1.36. The van der Waals surface area contributed by atoms with Gasteiger partial charge in [-0.1, -0.05) is 115 Å². The number of quaternary nitrogens is 1. The maximum Gasteiger partial charge on any atom is 0.472 e. The Kier molecular flexibility index (Phi) is 21.6. The summed E-state index contributed by atoms with van der Waals surface area (Å²) in [7, 11) is 1.80. The van der Waals surface area contributed by atoms with Crippen molar-refractivity contribution in [3.8, 4) is 5.19 Å². The lowest BCUT2D eigenvalue weighted by atomic mass is 10.0. The lowest BCUT2D eigenvalue weighted by molar-refractivity contribution is -0.870. The van der Waals surface area contributed by atoms with E-state index < -0.39 is 13.9 Å². The molecule has 0 fully saturated rings. The second-order valence-electron chi connectivity index (χ2n) is 11.5. The van der Waals surface area contributed by atoms with Crippen LogP contribution in [-0.4, -0.2) is 74.6 Å². The monoisotopic (exact) mass is 593 g/mol. The smallest absolute Gasteiger partial charge is 0.462 e. The zero-order chi connectivity index (χ0) is 28.7. The average Bonchev–Trinajstić information content (AvgIpc) is 3.38. The highest BCUT2D eigenvalue weighted by atomic mass is 32.1. The summed E-state index contributed by atoms with van der Waals surface area (Å²) in [6.45, 7) is 3.78. The van der Waals surface area contributed by atoms with Gasteiger partial charge in [-0.2, -0.15) is 0 Å². The van der Waals surface area contributed by atoms with Crippen LogP contribution in [0, 0.1) is 0 Å². The largest absolute Gasteiger partial charge is 0.472 e. The van der Waals surface area contributed by atoms with E-state index in [2.05, 4.69) is 11.9 Å². The normalized spacial score (nSPS) is 14.4. The molecule has 230 valence electrons. The van der Waals surface area contributed by atoms with Gasteiger partial charge in [0.1, 0.15) is 19.3 Å². The fourth-order valence-electron chi connectivity index (χ4n) is 4.14. The predicted molar refractivity (Wildman–Crippen MR) is 162 cm³/mol. The quantitative estimate of drug-likeness (QED) is 0.0598. The zero-order valence-electron chi connectivity index (χ0n) is 25.3. The topological polar surface area (TPSA) is 87.1 Å². The van der Waals surface area contributed by atoms with Crippen molar-refractivity contribution in [2.75, 3.05) is 54.1 Å². The summed E-state index contributed by atoms with van der Waals surface area (Å²) in [5.74, 6) is 0. The Balaban J connectivity index is 2.07. The number of unbranched alkanes of at least 4 members (excludes halogenated alkanes) is 15. The molecule has 0 saturated carbocycles. The minimum Gasteiger partial charge on any atom is -0.462 e. The molecular weight excluding hydrogens is 535 g/mol. The van der Waals surface area contributed by atoms with Crippen molar-refractivity contribution in [2.45, 2.75) is 116 Å². The minimum atomic E-state index is -4.16. The van der Waals surface area contributed by atoms with Crippen molar-refractivity contribution in [1.82, 2.24) is 4.98 Å². The van der Waals surface area contributed by atoms with Gasteiger partial charge in [-0.25, -0.2) is 9.55 Å². The Bertz CT molecular complexity index is 717. The summed E-state index contributed by atoms with van der Waals surface area (Å²) in [4.78, 5) is 14.1. The van der Waals surface area contributed by atoms with E-state index in [9.17, 15) is 9.46 Å². The molecular formula is C29H58N2O6PS+. The van der Waals surface area contributed by atoms with Crippen LogP contribution in [-0.2, 0) is 18.3 Å². The first-order valence-corrected chi connectivity index (χ1v) is 17.7. The minimum absolute atomic E-state index is 0.114. The van der Waals surface area contributed by atoms with Crippen molar-refractivity contribution in [2.24, 2.45) is 0 Å². The lowest BCUT2D eigenvalue weighted by Crippen LogP contribution is -2.37. The Morgan fingerprint density at radius 1 is 0.821 bits per heavy atom. The number of rotatable bonds is 28. The predicted octanol–water partition coefficient (Wildman–Crippen LogP) is 8.01. The summed E-state index contributed by atoms with van der Waals surface area (Å²) < 4.78 is 34.8. The van der Waals surface area contributed by atoms with Gasteiger partial charge in [-0.15, -0.1) is 0 Å². The van der Waals surface area contributed by atoms with Crippen LogP contribution in [0.1, 0.15) is 110 Å². The van der Waals surface area contributed by atoms with Gasteiger partial charge in [0.15, 0.2) is 0 Å². The summed E-state index contributed by atoms with van der Waals surface area (Å²) in [5.41, 5.74) is 0. The molecule has 10 heteroatoms. The van der Waals surface area contributed by atoms with E-state index in [0.717, 1.165) is 12.8 Å². The van der Waals surface area contributed by atoms with Crippen LogP contribution in [0.15, 0.2) is 11.6 Å². The van der Waals surface area contributed by atoms with Gasteiger partial charge in [0.25, 0.3) is 5.19 Å². The number of aromatic nitrogens is 1.